The van der Waals surface area contributed by atoms with Gasteiger partial charge in [0.15, 0.2) is 11.5 Å². The van der Waals surface area contributed by atoms with Gasteiger partial charge in [-0.1, -0.05) is 6.07 Å². The van der Waals surface area contributed by atoms with Gasteiger partial charge in [-0.2, -0.15) is 0 Å². The minimum Gasteiger partial charge on any atom is -0.454 e. The molecule has 0 saturated heterocycles. The molecule has 0 fully saturated rings. The van der Waals surface area contributed by atoms with Gasteiger partial charge in [0, 0.05) is 6.61 Å². The molecule has 1 unspecified atom stereocenters. The van der Waals surface area contributed by atoms with E-state index in [2.05, 4.69) is 5.32 Å². The summed E-state index contributed by atoms with van der Waals surface area (Å²) < 4.78 is 15.8. The van der Waals surface area contributed by atoms with Crippen LogP contribution in [-0.4, -0.2) is 30.2 Å². The molecule has 1 atom stereocenters. The van der Waals surface area contributed by atoms with Crippen molar-refractivity contribution in [3.8, 4) is 11.5 Å². The first-order chi connectivity index (χ1) is 9.89. The molecule has 6 nitrogen and oxygen atoms in total. The Morgan fingerprint density at radius 2 is 2.10 bits per heavy atom. The fourth-order valence-electron chi connectivity index (χ4n) is 2.03. The number of alkyl carbamates (subject to hydrolysis) is 1. The number of fused-ring (bicyclic) bond motifs is 1. The highest BCUT2D eigenvalue weighted by Gasteiger charge is 2.22. The van der Waals surface area contributed by atoms with E-state index in [1.54, 1.807) is 32.9 Å². The van der Waals surface area contributed by atoms with Crippen molar-refractivity contribution in [1.82, 2.24) is 5.32 Å². The molecular weight excluding hydrogens is 274 g/mol. The fourth-order valence-corrected chi connectivity index (χ4v) is 2.03. The standard InChI is InChI=1S/C15H21NO5/c1-15(2,3)21-14(18)16-11(6-7-17)10-4-5-12-13(8-10)20-9-19-12/h4-5,8,11,17H,6-7,9H2,1-3H3,(H,16,18). The number of hydrogen-bond donors (Lipinski definition) is 2. The first kappa shape index (κ1) is 15.4. The monoisotopic (exact) mass is 295 g/mol. The number of ether oxygens (including phenoxy) is 3. The molecule has 0 spiro atoms. The van der Waals surface area contributed by atoms with Crippen molar-refractivity contribution in [2.24, 2.45) is 0 Å². The summed E-state index contributed by atoms with van der Waals surface area (Å²) in [5.74, 6) is 1.32. The number of carbonyl (C=O) groups is 1. The zero-order valence-electron chi connectivity index (χ0n) is 12.5. The highest BCUT2D eigenvalue weighted by Crippen LogP contribution is 2.34. The molecule has 1 aromatic carbocycles. The first-order valence-electron chi connectivity index (χ1n) is 6.89. The molecule has 0 bridgehead atoms. The van der Waals surface area contributed by atoms with Crippen molar-refractivity contribution in [1.29, 1.82) is 0 Å². The van der Waals surface area contributed by atoms with Gasteiger partial charge in [0.2, 0.25) is 6.79 Å². The van der Waals surface area contributed by atoms with Crippen LogP contribution in [0.5, 0.6) is 11.5 Å². The Bertz CT molecular complexity index is 509. The van der Waals surface area contributed by atoms with Gasteiger partial charge in [-0.3, -0.25) is 0 Å². The molecule has 0 radical (unpaired) electrons. The highest BCUT2D eigenvalue weighted by molar-refractivity contribution is 5.68. The number of hydrogen-bond acceptors (Lipinski definition) is 5. The van der Waals surface area contributed by atoms with E-state index in [1.165, 1.54) is 0 Å². The average Bonchev–Trinajstić information content (AvgIpc) is 2.83. The van der Waals surface area contributed by atoms with Gasteiger partial charge in [0.1, 0.15) is 5.60 Å². The van der Waals surface area contributed by atoms with Crippen LogP contribution in [0.25, 0.3) is 0 Å². The van der Waals surface area contributed by atoms with Gasteiger partial charge in [0.25, 0.3) is 0 Å². The van der Waals surface area contributed by atoms with Gasteiger partial charge in [-0.25, -0.2) is 4.79 Å². The summed E-state index contributed by atoms with van der Waals surface area (Å²) in [5.41, 5.74) is 0.266. The molecule has 116 valence electrons. The lowest BCUT2D eigenvalue weighted by atomic mass is 10.0. The van der Waals surface area contributed by atoms with E-state index in [4.69, 9.17) is 14.2 Å². The summed E-state index contributed by atoms with van der Waals surface area (Å²) in [6, 6.07) is 5.09. The number of nitrogens with one attached hydrogen (secondary N) is 1. The minimum absolute atomic E-state index is 0.0467. The van der Waals surface area contributed by atoms with Crippen LogP contribution in [0, 0.1) is 0 Å². The second kappa shape index (κ2) is 6.22. The first-order valence-corrected chi connectivity index (χ1v) is 6.89. The SMILES string of the molecule is CC(C)(C)OC(=O)NC(CCO)c1ccc2c(c1)OCO2. The Morgan fingerprint density at radius 1 is 1.38 bits per heavy atom. The van der Waals surface area contributed by atoms with E-state index >= 15 is 0 Å². The normalized spacial score (nSPS) is 14.7. The Morgan fingerprint density at radius 3 is 2.76 bits per heavy atom. The quantitative estimate of drug-likeness (QED) is 0.891. The Hall–Kier alpha value is -1.95. The highest BCUT2D eigenvalue weighted by atomic mass is 16.7. The lowest BCUT2D eigenvalue weighted by Gasteiger charge is -2.23. The number of carbonyl (C=O) groups excluding carboxylic acids is 1. The molecule has 2 N–H and O–H groups in total. The topological polar surface area (TPSA) is 77.0 Å². The van der Waals surface area contributed by atoms with Crippen LogP contribution in [0.3, 0.4) is 0 Å². The van der Waals surface area contributed by atoms with E-state index in [0.717, 1.165) is 5.56 Å². The maximum Gasteiger partial charge on any atom is 0.408 e. The van der Waals surface area contributed by atoms with Crippen LogP contribution in [0.15, 0.2) is 18.2 Å². The molecule has 1 aliphatic heterocycles. The number of aliphatic hydroxyl groups excluding tert-OH is 1. The average molecular weight is 295 g/mol. The molecule has 6 heteroatoms. The second-order valence-electron chi connectivity index (χ2n) is 5.82. The van der Waals surface area contributed by atoms with Crippen molar-refractivity contribution in [2.45, 2.75) is 38.8 Å². The molecule has 1 amide bonds. The van der Waals surface area contributed by atoms with Crippen molar-refractivity contribution >= 4 is 6.09 Å². The molecular formula is C15H21NO5. The zero-order chi connectivity index (χ0) is 15.5. The number of rotatable bonds is 4. The third-order valence-electron chi connectivity index (χ3n) is 2.91. The third-order valence-corrected chi connectivity index (χ3v) is 2.91. The predicted octanol–water partition coefficient (Wildman–Crippen LogP) is 2.36. The summed E-state index contributed by atoms with van der Waals surface area (Å²) in [4.78, 5) is 11.9. The number of benzene rings is 1. The smallest absolute Gasteiger partial charge is 0.408 e. The van der Waals surface area contributed by atoms with Crippen molar-refractivity contribution in [3.05, 3.63) is 23.8 Å². The minimum atomic E-state index is -0.567. The molecule has 0 aromatic heterocycles. The molecule has 0 aliphatic carbocycles. The van der Waals surface area contributed by atoms with Crippen LogP contribution >= 0.6 is 0 Å². The summed E-state index contributed by atoms with van der Waals surface area (Å²) >= 11 is 0. The summed E-state index contributed by atoms with van der Waals surface area (Å²) in [5, 5.41) is 12.0. The van der Waals surface area contributed by atoms with Crippen LogP contribution in [0.4, 0.5) is 4.79 Å². The van der Waals surface area contributed by atoms with Gasteiger partial charge < -0.3 is 24.6 Å². The Kier molecular flexibility index (Phi) is 4.57. The van der Waals surface area contributed by atoms with Crippen molar-refractivity contribution in [2.75, 3.05) is 13.4 Å². The summed E-state index contributed by atoms with van der Waals surface area (Å²) in [6.07, 6.45) is -0.127. The van der Waals surface area contributed by atoms with Crippen LogP contribution < -0.4 is 14.8 Å². The Balaban J connectivity index is 2.09. The third kappa shape index (κ3) is 4.26. The van der Waals surface area contributed by atoms with Crippen LogP contribution in [-0.2, 0) is 4.74 Å². The molecule has 1 heterocycles. The maximum atomic E-state index is 11.9. The number of aliphatic hydroxyl groups is 1. The zero-order valence-corrected chi connectivity index (χ0v) is 12.5. The lowest BCUT2D eigenvalue weighted by molar-refractivity contribution is 0.0496. The molecule has 1 aliphatic rings. The summed E-state index contributed by atoms with van der Waals surface area (Å²) in [7, 11) is 0. The predicted molar refractivity (Wildman–Crippen MR) is 76.4 cm³/mol. The fraction of sp³-hybridized carbons (Fsp3) is 0.533. The molecule has 0 saturated carbocycles. The molecule has 2 rings (SSSR count). The van der Waals surface area contributed by atoms with Gasteiger partial charge >= 0.3 is 6.09 Å². The van der Waals surface area contributed by atoms with Gasteiger partial charge in [-0.05, 0) is 44.9 Å². The van der Waals surface area contributed by atoms with Gasteiger partial charge in [-0.15, -0.1) is 0 Å². The van der Waals surface area contributed by atoms with E-state index < -0.39 is 11.7 Å². The number of amides is 1. The van der Waals surface area contributed by atoms with E-state index in [0.29, 0.717) is 17.9 Å². The van der Waals surface area contributed by atoms with Crippen molar-refractivity contribution < 1.29 is 24.1 Å². The Labute approximate surface area is 124 Å². The largest absolute Gasteiger partial charge is 0.454 e. The van der Waals surface area contributed by atoms with Gasteiger partial charge in [0.05, 0.1) is 6.04 Å². The van der Waals surface area contributed by atoms with Crippen molar-refractivity contribution in [3.63, 3.8) is 0 Å². The summed E-state index contributed by atoms with van der Waals surface area (Å²) in [6.45, 7) is 5.55. The molecule has 21 heavy (non-hydrogen) atoms. The van der Waals surface area contributed by atoms with Crippen LogP contribution in [0.1, 0.15) is 38.8 Å². The van der Waals surface area contributed by atoms with E-state index in [-0.39, 0.29) is 19.4 Å². The van der Waals surface area contributed by atoms with Crippen LogP contribution in [0.2, 0.25) is 0 Å². The lowest BCUT2D eigenvalue weighted by Crippen LogP contribution is -2.35. The maximum absolute atomic E-state index is 11.9. The van der Waals surface area contributed by atoms with E-state index in [9.17, 15) is 9.90 Å². The van der Waals surface area contributed by atoms with E-state index in [1.807, 2.05) is 6.07 Å². The molecule has 1 aromatic rings. The second-order valence-corrected chi connectivity index (χ2v) is 5.82.